The molecule has 0 radical (unpaired) electrons. The van der Waals surface area contributed by atoms with Crippen LogP contribution in [0.25, 0.3) is 0 Å². The number of nitrogens with zero attached hydrogens (tertiary/aromatic N) is 5. The number of guanidine groups is 2. The smallest absolute Gasteiger partial charge is 0.240 e. The van der Waals surface area contributed by atoms with Crippen molar-refractivity contribution in [1.82, 2.24) is 14.7 Å². The zero-order valence-electron chi connectivity index (χ0n) is 9.61. The van der Waals surface area contributed by atoms with Crippen LogP contribution in [0.15, 0.2) is 9.50 Å². The first-order valence-electron chi connectivity index (χ1n) is 4.19. The first kappa shape index (κ1) is 13.0. The van der Waals surface area contributed by atoms with Crippen LogP contribution in [0.4, 0.5) is 0 Å². The van der Waals surface area contributed by atoms with Crippen molar-refractivity contribution in [3.63, 3.8) is 0 Å². The largest absolute Gasteiger partial charge is 0.349 e. The fourth-order valence-electron chi connectivity index (χ4n) is 0.884. The van der Waals surface area contributed by atoms with Gasteiger partial charge in [0.1, 0.15) is 0 Å². The predicted octanol–water partition coefficient (Wildman–Crippen LogP) is 0.537. The Hall–Kier alpha value is -0.970. The molecule has 82 valence electrons. The van der Waals surface area contributed by atoms with E-state index >= 15 is 0 Å². The number of aliphatic imine (C=N–C) groups is 1. The molecule has 0 saturated heterocycles. The normalized spacial score (nSPS) is 10.9. The maximum absolute atomic E-state index is 5.42. The third kappa shape index (κ3) is 3.83. The van der Waals surface area contributed by atoms with Crippen LogP contribution in [0.5, 0.6) is 0 Å². The molecule has 0 amide bonds. The zero-order chi connectivity index (χ0) is 11.3. The van der Waals surface area contributed by atoms with Crippen LogP contribution in [-0.2, 0) is 0 Å². The van der Waals surface area contributed by atoms with Gasteiger partial charge < -0.3 is 14.7 Å². The van der Waals surface area contributed by atoms with Gasteiger partial charge in [-0.1, -0.05) is 0 Å². The Kier molecular flexibility index (Phi) is 5.30. The van der Waals surface area contributed by atoms with Gasteiger partial charge in [-0.05, 0) is 0 Å². The van der Waals surface area contributed by atoms with E-state index < -0.39 is 0 Å². The second kappa shape index (κ2) is 5.70. The Balaban J connectivity index is 4.90. The summed E-state index contributed by atoms with van der Waals surface area (Å²) in [5.41, 5.74) is 0. The lowest BCUT2D eigenvalue weighted by Gasteiger charge is -2.23. The molecule has 0 saturated carbocycles. The molecule has 6 heteroatoms. The quantitative estimate of drug-likeness (QED) is 0.441. The van der Waals surface area contributed by atoms with Crippen LogP contribution < -0.4 is 0 Å². The molecular weight excluding hydrogens is 202 g/mol. The number of rotatable bonds is 0. The van der Waals surface area contributed by atoms with Crippen molar-refractivity contribution in [3.8, 4) is 0 Å². The van der Waals surface area contributed by atoms with Crippen LogP contribution in [0.2, 0.25) is 0 Å². The molecule has 0 aliphatic rings. The highest BCUT2D eigenvalue weighted by atomic mass is 35.5. The van der Waals surface area contributed by atoms with Crippen molar-refractivity contribution in [1.29, 1.82) is 0 Å². The van der Waals surface area contributed by atoms with E-state index in [2.05, 4.69) is 9.50 Å². The highest BCUT2D eigenvalue weighted by Gasteiger charge is 2.07. The summed E-state index contributed by atoms with van der Waals surface area (Å²) in [4.78, 5) is 9.84. The SMILES string of the molecule is CN(C)C(=N/C(=N/Cl)N(C)C)N(C)C. The average molecular weight is 220 g/mol. The molecule has 0 rings (SSSR count). The van der Waals surface area contributed by atoms with Crippen LogP contribution in [0, 0.1) is 0 Å². The predicted molar refractivity (Wildman–Crippen MR) is 61.8 cm³/mol. The summed E-state index contributed by atoms with van der Waals surface area (Å²) in [6.07, 6.45) is 0. The van der Waals surface area contributed by atoms with Crippen LogP contribution in [-0.4, -0.2) is 68.9 Å². The average Bonchev–Trinajstić information content (AvgIpc) is 2.03. The van der Waals surface area contributed by atoms with Gasteiger partial charge >= 0.3 is 0 Å². The summed E-state index contributed by atoms with van der Waals surface area (Å²) in [6, 6.07) is 0. The van der Waals surface area contributed by atoms with Gasteiger partial charge in [-0.15, -0.1) is 4.51 Å². The Labute approximate surface area is 90.8 Å². The summed E-state index contributed by atoms with van der Waals surface area (Å²) < 4.78 is 3.57. The van der Waals surface area contributed by atoms with Gasteiger partial charge in [-0.3, -0.25) is 0 Å². The number of halogens is 1. The van der Waals surface area contributed by atoms with Gasteiger partial charge in [0.15, 0.2) is 0 Å². The molecule has 0 aliphatic carbocycles. The minimum atomic E-state index is 0.476. The van der Waals surface area contributed by atoms with E-state index in [9.17, 15) is 0 Å². The fraction of sp³-hybridized carbons (Fsp3) is 0.750. The first-order valence-corrected chi connectivity index (χ1v) is 4.53. The molecule has 0 fully saturated rings. The Bertz CT molecular complexity index is 222. The van der Waals surface area contributed by atoms with Crippen LogP contribution >= 0.6 is 11.8 Å². The molecule has 0 aromatic rings. The first-order chi connectivity index (χ1) is 6.40. The lowest BCUT2D eigenvalue weighted by atomic mass is 10.7. The monoisotopic (exact) mass is 219 g/mol. The molecule has 0 unspecified atom stereocenters. The topological polar surface area (TPSA) is 34.4 Å². The van der Waals surface area contributed by atoms with Gasteiger partial charge in [-0.2, -0.15) is 4.99 Å². The molecule has 0 aromatic heterocycles. The molecule has 5 nitrogen and oxygen atoms in total. The minimum Gasteiger partial charge on any atom is -0.349 e. The van der Waals surface area contributed by atoms with Gasteiger partial charge in [0, 0.05) is 54.1 Å². The number of hydrogen-bond donors (Lipinski definition) is 0. The van der Waals surface area contributed by atoms with E-state index in [1.54, 1.807) is 4.90 Å². The van der Waals surface area contributed by atoms with E-state index in [0.29, 0.717) is 5.96 Å². The standard InChI is InChI=1S/C8H18ClN5/c1-12(2)7(11-9)10-8(13(3)4)14(5)6/h1-6H3/b11-7-. The Morgan fingerprint density at radius 3 is 1.50 bits per heavy atom. The summed E-state index contributed by atoms with van der Waals surface area (Å²) in [5.74, 6) is 1.27. The summed E-state index contributed by atoms with van der Waals surface area (Å²) in [5, 5.41) is 0. The maximum Gasteiger partial charge on any atom is 0.240 e. The van der Waals surface area contributed by atoms with Gasteiger partial charge in [-0.25, -0.2) is 0 Å². The molecular formula is C8H18ClN5. The highest BCUT2D eigenvalue weighted by molar-refractivity contribution is 6.20. The molecule has 0 spiro atoms. The third-order valence-corrected chi connectivity index (χ3v) is 1.63. The summed E-state index contributed by atoms with van der Waals surface area (Å²) in [7, 11) is 11.3. The van der Waals surface area contributed by atoms with Crippen molar-refractivity contribution >= 4 is 23.7 Å². The molecule has 0 N–H and O–H groups in total. The summed E-state index contributed by atoms with van der Waals surface area (Å²) in [6.45, 7) is 0. The third-order valence-electron chi connectivity index (χ3n) is 1.48. The van der Waals surface area contributed by atoms with E-state index in [-0.39, 0.29) is 0 Å². The molecule has 0 aromatic carbocycles. The van der Waals surface area contributed by atoms with Crippen molar-refractivity contribution in [2.24, 2.45) is 9.50 Å². The zero-order valence-corrected chi connectivity index (χ0v) is 10.4. The van der Waals surface area contributed by atoms with Gasteiger partial charge in [0.2, 0.25) is 11.9 Å². The highest BCUT2D eigenvalue weighted by Crippen LogP contribution is 1.95. The molecule has 14 heavy (non-hydrogen) atoms. The minimum absolute atomic E-state index is 0.476. The molecule has 0 aliphatic heterocycles. The van der Waals surface area contributed by atoms with Crippen molar-refractivity contribution in [2.45, 2.75) is 0 Å². The fourth-order valence-corrected chi connectivity index (χ4v) is 1.07. The van der Waals surface area contributed by atoms with Crippen LogP contribution in [0.3, 0.4) is 0 Å². The van der Waals surface area contributed by atoms with Crippen molar-refractivity contribution in [3.05, 3.63) is 0 Å². The second-order valence-electron chi connectivity index (χ2n) is 3.48. The Morgan fingerprint density at radius 2 is 1.29 bits per heavy atom. The van der Waals surface area contributed by atoms with E-state index in [1.807, 2.05) is 52.1 Å². The number of hydrogen-bond acceptors (Lipinski definition) is 1. The van der Waals surface area contributed by atoms with Crippen molar-refractivity contribution in [2.75, 3.05) is 42.3 Å². The van der Waals surface area contributed by atoms with E-state index in [0.717, 1.165) is 5.96 Å². The maximum atomic E-state index is 5.42. The van der Waals surface area contributed by atoms with Gasteiger partial charge in [0.25, 0.3) is 0 Å². The molecule has 0 atom stereocenters. The Morgan fingerprint density at radius 1 is 0.857 bits per heavy atom. The second-order valence-corrected chi connectivity index (χ2v) is 3.65. The van der Waals surface area contributed by atoms with Crippen molar-refractivity contribution < 1.29 is 0 Å². The van der Waals surface area contributed by atoms with E-state index in [4.69, 9.17) is 11.8 Å². The van der Waals surface area contributed by atoms with Crippen LogP contribution in [0.1, 0.15) is 0 Å². The van der Waals surface area contributed by atoms with Gasteiger partial charge in [0.05, 0.1) is 0 Å². The summed E-state index contributed by atoms with van der Waals surface area (Å²) >= 11 is 5.42. The lowest BCUT2D eigenvalue weighted by molar-refractivity contribution is 0.482. The lowest BCUT2D eigenvalue weighted by Crippen LogP contribution is -2.37. The molecule has 0 bridgehead atoms. The van der Waals surface area contributed by atoms with E-state index in [1.165, 1.54) is 0 Å². The molecule has 0 heterocycles.